The second-order valence-electron chi connectivity index (χ2n) is 5.22. The molecule has 0 radical (unpaired) electrons. The van der Waals surface area contributed by atoms with E-state index in [1.165, 1.54) is 18.6 Å². The van der Waals surface area contributed by atoms with E-state index in [1.54, 1.807) is 14.1 Å². The van der Waals surface area contributed by atoms with Gasteiger partial charge in [-0.05, 0) is 36.3 Å². The third-order valence-corrected chi connectivity index (χ3v) is 5.02. The molecule has 0 saturated carbocycles. The molecule has 23 heavy (non-hydrogen) atoms. The van der Waals surface area contributed by atoms with Crippen LogP contribution >= 0.6 is 35.7 Å². The molecule has 5 nitrogen and oxygen atoms in total. The van der Waals surface area contributed by atoms with E-state index in [4.69, 9.17) is 0 Å². The van der Waals surface area contributed by atoms with Crippen molar-refractivity contribution in [1.29, 1.82) is 0 Å². The number of rotatable bonds is 5. The molecule has 0 spiro atoms. The van der Waals surface area contributed by atoms with Crippen LogP contribution < -0.4 is 16.0 Å². The van der Waals surface area contributed by atoms with Crippen molar-refractivity contribution in [2.24, 2.45) is 4.99 Å². The molecule has 0 bridgehead atoms. The number of hydrogen-bond acceptors (Lipinski definition) is 3. The molecule has 1 saturated heterocycles. The predicted molar refractivity (Wildman–Crippen MR) is 109 cm³/mol. The lowest BCUT2D eigenvalue weighted by molar-refractivity contribution is 0.0963. The second kappa shape index (κ2) is 10.7. The van der Waals surface area contributed by atoms with Gasteiger partial charge in [-0.15, -0.1) is 24.0 Å². The monoisotopic (exact) mass is 448 g/mol. The summed E-state index contributed by atoms with van der Waals surface area (Å²) in [7, 11) is 3.41. The summed E-state index contributed by atoms with van der Waals surface area (Å²) >= 11 is 2.03. The zero-order chi connectivity index (χ0) is 15.8. The molecule has 1 aliphatic rings. The summed E-state index contributed by atoms with van der Waals surface area (Å²) in [6.07, 6.45) is 2.60. The fourth-order valence-electron chi connectivity index (χ4n) is 2.39. The Labute approximate surface area is 159 Å². The highest BCUT2D eigenvalue weighted by Crippen LogP contribution is 2.25. The lowest BCUT2D eigenvalue weighted by atomic mass is 10.1. The van der Waals surface area contributed by atoms with Crippen molar-refractivity contribution in [3.63, 3.8) is 0 Å². The molecule has 1 amide bonds. The van der Waals surface area contributed by atoms with Crippen molar-refractivity contribution < 1.29 is 4.79 Å². The SMILES string of the molecule is CN=C(NCc1cccc(C(=O)NC)c1)NCC1CCCS1.I. The molecule has 1 atom stereocenters. The number of guanidine groups is 1. The first kappa shape index (κ1) is 20.1. The second-order valence-corrected chi connectivity index (χ2v) is 6.63. The molecule has 2 rings (SSSR count). The van der Waals surface area contributed by atoms with E-state index >= 15 is 0 Å². The number of hydrogen-bond donors (Lipinski definition) is 3. The minimum atomic E-state index is -0.0670. The molecule has 7 heteroatoms. The number of carbonyl (C=O) groups is 1. The highest BCUT2D eigenvalue weighted by atomic mass is 127. The normalized spacial score (nSPS) is 17.3. The number of benzene rings is 1. The van der Waals surface area contributed by atoms with Gasteiger partial charge in [-0.3, -0.25) is 9.79 Å². The Hall–Kier alpha value is -0.960. The van der Waals surface area contributed by atoms with Gasteiger partial charge in [-0.25, -0.2) is 0 Å². The van der Waals surface area contributed by atoms with E-state index in [-0.39, 0.29) is 29.9 Å². The van der Waals surface area contributed by atoms with E-state index in [1.807, 2.05) is 36.0 Å². The standard InChI is InChI=1S/C16H24N4OS.HI/c1-17-15(21)13-6-3-5-12(9-13)10-19-16(18-2)20-11-14-7-4-8-22-14;/h3,5-6,9,14H,4,7-8,10-11H2,1-2H3,(H,17,21)(H2,18,19,20);1H. The third-order valence-electron chi connectivity index (χ3n) is 3.62. The molecule has 0 aliphatic carbocycles. The minimum absolute atomic E-state index is 0. The molecule has 1 unspecified atom stereocenters. The molecule has 1 aromatic rings. The van der Waals surface area contributed by atoms with Crippen molar-refractivity contribution in [3.8, 4) is 0 Å². The van der Waals surface area contributed by atoms with Crippen LogP contribution in [-0.4, -0.2) is 43.5 Å². The molecule has 1 aromatic carbocycles. The summed E-state index contributed by atoms with van der Waals surface area (Å²) in [6.45, 7) is 1.59. The molecular weight excluding hydrogens is 423 g/mol. The molecule has 0 aromatic heterocycles. The topological polar surface area (TPSA) is 65.5 Å². The number of amides is 1. The van der Waals surface area contributed by atoms with Crippen molar-refractivity contribution in [3.05, 3.63) is 35.4 Å². The van der Waals surface area contributed by atoms with Gasteiger partial charge in [0.2, 0.25) is 0 Å². The Morgan fingerprint density at radius 2 is 2.22 bits per heavy atom. The van der Waals surface area contributed by atoms with Crippen LogP contribution in [0.5, 0.6) is 0 Å². The Balaban J connectivity index is 0.00000264. The average molecular weight is 448 g/mol. The zero-order valence-corrected chi connectivity index (χ0v) is 16.7. The van der Waals surface area contributed by atoms with E-state index in [2.05, 4.69) is 20.9 Å². The van der Waals surface area contributed by atoms with Gasteiger partial charge in [0.05, 0.1) is 0 Å². The van der Waals surface area contributed by atoms with Gasteiger partial charge in [0.25, 0.3) is 5.91 Å². The molecule has 1 aliphatic heterocycles. The Kier molecular flexibility index (Phi) is 9.39. The number of nitrogens with one attached hydrogen (secondary N) is 3. The van der Waals surface area contributed by atoms with E-state index in [0.29, 0.717) is 17.4 Å². The first-order chi connectivity index (χ1) is 10.7. The highest BCUT2D eigenvalue weighted by Gasteiger charge is 2.15. The van der Waals surface area contributed by atoms with Gasteiger partial charge in [-0.1, -0.05) is 12.1 Å². The van der Waals surface area contributed by atoms with Crippen LogP contribution in [0.3, 0.4) is 0 Å². The quantitative estimate of drug-likeness (QED) is 0.367. The summed E-state index contributed by atoms with van der Waals surface area (Å²) in [5, 5.41) is 9.99. The van der Waals surface area contributed by atoms with Gasteiger partial charge in [0, 0.05) is 38.0 Å². The number of nitrogens with zero attached hydrogens (tertiary/aromatic N) is 1. The Morgan fingerprint density at radius 3 is 2.87 bits per heavy atom. The van der Waals surface area contributed by atoms with Crippen LogP contribution in [0, 0.1) is 0 Å². The van der Waals surface area contributed by atoms with Crippen molar-refractivity contribution in [2.45, 2.75) is 24.6 Å². The minimum Gasteiger partial charge on any atom is -0.355 e. The van der Waals surface area contributed by atoms with Gasteiger partial charge >= 0.3 is 0 Å². The van der Waals surface area contributed by atoms with Crippen molar-refractivity contribution >= 4 is 47.6 Å². The summed E-state index contributed by atoms with van der Waals surface area (Å²) in [5.41, 5.74) is 1.73. The van der Waals surface area contributed by atoms with Gasteiger partial charge in [-0.2, -0.15) is 11.8 Å². The number of aliphatic imine (C=N–C) groups is 1. The molecular formula is C16H25IN4OS. The molecule has 1 heterocycles. The van der Waals surface area contributed by atoms with Gasteiger partial charge in [0.15, 0.2) is 5.96 Å². The molecule has 128 valence electrons. The van der Waals surface area contributed by atoms with E-state index < -0.39 is 0 Å². The van der Waals surface area contributed by atoms with Crippen LogP contribution in [-0.2, 0) is 6.54 Å². The van der Waals surface area contributed by atoms with E-state index in [0.717, 1.165) is 18.1 Å². The fourth-order valence-corrected chi connectivity index (χ4v) is 3.59. The van der Waals surface area contributed by atoms with Gasteiger partial charge in [0.1, 0.15) is 0 Å². The summed E-state index contributed by atoms with van der Waals surface area (Å²) < 4.78 is 0. The van der Waals surface area contributed by atoms with Crippen molar-refractivity contribution in [2.75, 3.05) is 26.4 Å². The highest BCUT2D eigenvalue weighted by molar-refractivity contribution is 14.0. The first-order valence-electron chi connectivity index (χ1n) is 7.60. The van der Waals surface area contributed by atoms with Crippen LogP contribution in [0.1, 0.15) is 28.8 Å². The lowest BCUT2D eigenvalue weighted by Gasteiger charge is -2.15. The first-order valence-corrected chi connectivity index (χ1v) is 8.65. The smallest absolute Gasteiger partial charge is 0.251 e. The van der Waals surface area contributed by atoms with Crippen LogP contribution in [0.2, 0.25) is 0 Å². The van der Waals surface area contributed by atoms with Crippen molar-refractivity contribution in [1.82, 2.24) is 16.0 Å². The largest absolute Gasteiger partial charge is 0.355 e. The van der Waals surface area contributed by atoms with Gasteiger partial charge < -0.3 is 16.0 Å². The maximum atomic E-state index is 11.6. The maximum absolute atomic E-state index is 11.6. The summed E-state index contributed by atoms with van der Waals surface area (Å²) in [4.78, 5) is 15.9. The predicted octanol–water partition coefficient (Wildman–Crippen LogP) is 2.22. The van der Waals surface area contributed by atoms with Crippen LogP contribution in [0.25, 0.3) is 0 Å². The van der Waals surface area contributed by atoms with Crippen LogP contribution in [0.15, 0.2) is 29.3 Å². The lowest BCUT2D eigenvalue weighted by Crippen LogP contribution is -2.39. The summed E-state index contributed by atoms with van der Waals surface area (Å²) in [5.74, 6) is 2.01. The number of carbonyl (C=O) groups excluding carboxylic acids is 1. The summed E-state index contributed by atoms with van der Waals surface area (Å²) in [6, 6.07) is 7.60. The Morgan fingerprint density at radius 1 is 1.39 bits per heavy atom. The molecule has 1 fully saturated rings. The zero-order valence-electron chi connectivity index (χ0n) is 13.6. The van der Waals surface area contributed by atoms with Crippen LogP contribution in [0.4, 0.5) is 0 Å². The Bertz CT molecular complexity index is 533. The number of halogens is 1. The fraction of sp³-hybridized carbons (Fsp3) is 0.500. The third kappa shape index (κ3) is 6.58. The maximum Gasteiger partial charge on any atom is 0.251 e. The molecule has 3 N–H and O–H groups in total. The van der Waals surface area contributed by atoms with E-state index in [9.17, 15) is 4.79 Å². The average Bonchev–Trinajstić information content (AvgIpc) is 3.08. The number of thioether (sulfide) groups is 1.